The minimum absolute atomic E-state index is 0.643. The average Bonchev–Trinajstić information content (AvgIpc) is 2.52. The van der Waals surface area contributed by atoms with Crippen molar-refractivity contribution in [3.63, 3.8) is 0 Å². The molecule has 1 atom stereocenters. The number of benzene rings is 2. The third kappa shape index (κ3) is 4.57. The van der Waals surface area contributed by atoms with Crippen LogP contribution in [0.25, 0.3) is 0 Å². The lowest BCUT2D eigenvalue weighted by Gasteiger charge is -2.11. The predicted molar refractivity (Wildman–Crippen MR) is 79.0 cm³/mol. The molecule has 6 heteroatoms. The van der Waals surface area contributed by atoms with Crippen LogP contribution in [0.3, 0.4) is 0 Å². The first-order valence-electron chi connectivity index (χ1n) is 6.15. The van der Waals surface area contributed by atoms with E-state index < -0.39 is 11.7 Å². The van der Waals surface area contributed by atoms with Gasteiger partial charge in [0.05, 0.1) is 12.8 Å². The van der Waals surface area contributed by atoms with Gasteiger partial charge in [-0.3, -0.25) is 0 Å². The molecule has 1 unspecified atom stereocenters. The van der Waals surface area contributed by atoms with E-state index in [1.807, 2.05) is 18.2 Å². The Kier molecular flexibility index (Phi) is 5.29. The zero-order valence-electron chi connectivity index (χ0n) is 11.3. The van der Waals surface area contributed by atoms with Crippen molar-refractivity contribution in [2.24, 2.45) is 10.2 Å². The summed E-state index contributed by atoms with van der Waals surface area (Å²) in [4.78, 5) is 11.0. The second-order valence-corrected chi connectivity index (χ2v) is 4.34. The van der Waals surface area contributed by atoms with Gasteiger partial charge in [-0.2, -0.15) is 5.11 Å². The van der Waals surface area contributed by atoms with Crippen LogP contribution in [-0.2, 0) is 4.74 Å². The van der Waals surface area contributed by atoms with Crippen molar-refractivity contribution in [2.75, 3.05) is 7.11 Å². The van der Waals surface area contributed by atoms with Crippen molar-refractivity contribution < 1.29 is 14.3 Å². The van der Waals surface area contributed by atoms with Crippen molar-refractivity contribution >= 4 is 22.7 Å². The van der Waals surface area contributed by atoms with Crippen molar-refractivity contribution in [3.05, 3.63) is 60.2 Å². The first-order valence-corrected chi connectivity index (χ1v) is 6.53. The van der Waals surface area contributed by atoms with Gasteiger partial charge in [0.15, 0.2) is 0 Å². The maximum Gasteiger partial charge on any atom is 0.406 e. The lowest BCUT2D eigenvalue weighted by atomic mass is 10.2. The third-order valence-corrected chi connectivity index (χ3v) is 2.73. The monoisotopic (exact) mass is 304 g/mol. The number of rotatable bonds is 5. The Morgan fingerprint density at radius 2 is 1.76 bits per heavy atom. The fourth-order valence-electron chi connectivity index (χ4n) is 1.63. The van der Waals surface area contributed by atoms with Gasteiger partial charge in [-0.05, 0) is 36.4 Å². The van der Waals surface area contributed by atoms with Crippen molar-refractivity contribution in [1.82, 2.24) is 0 Å². The Balaban J connectivity index is 2.21. The van der Waals surface area contributed by atoms with E-state index in [2.05, 4.69) is 10.2 Å². The number of methoxy groups -OCH3 is 1. The van der Waals surface area contributed by atoms with Gasteiger partial charge in [-0.25, -0.2) is 4.79 Å². The number of hydrogen-bond donors (Lipinski definition) is 0. The summed E-state index contributed by atoms with van der Waals surface area (Å²) in [6.45, 7) is 0. The highest BCUT2D eigenvalue weighted by Crippen LogP contribution is 2.25. The Labute approximate surface area is 127 Å². The minimum Gasteiger partial charge on any atom is -0.497 e. The highest BCUT2D eigenvalue weighted by Gasteiger charge is 2.14. The van der Waals surface area contributed by atoms with E-state index in [4.69, 9.17) is 21.1 Å². The Hall–Kier alpha value is -2.40. The summed E-state index contributed by atoms with van der Waals surface area (Å²) in [6, 6.07) is 16.1. The van der Waals surface area contributed by atoms with E-state index in [0.29, 0.717) is 17.0 Å². The van der Waals surface area contributed by atoms with Crippen molar-refractivity contribution in [1.29, 1.82) is 0 Å². The molecule has 0 aromatic heterocycles. The molecule has 0 spiro atoms. The van der Waals surface area contributed by atoms with Gasteiger partial charge >= 0.3 is 5.43 Å². The molecule has 0 radical (unpaired) electrons. The molecule has 108 valence electrons. The molecule has 0 saturated carbocycles. The molecule has 5 nitrogen and oxygen atoms in total. The number of carbonyl (C=O) groups excluding carboxylic acids is 1. The van der Waals surface area contributed by atoms with Crippen LogP contribution < -0.4 is 4.74 Å². The van der Waals surface area contributed by atoms with Crippen LogP contribution in [0, 0.1) is 0 Å². The first-order chi connectivity index (χ1) is 10.2. The summed E-state index contributed by atoms with van der Waals surface area (Å²) < 4.78 is 10.0. The Morgan fingerprint density at radius 3 is 2.33 bits per heavy atom. The van der Waals surface area contributed by atoms with Gasteiger partial charge in [0.1, 0.15) is 5.75 Å². The second kappa shape index (κ2) is 7.40. The Morgan fingerprint density at radius 1 is 1.10 bits per heavy atom. The largest absolute Gasteiger partial charge is 0.497 e. The normalized spacial score (nSPS) is 12.1. The molecule has 0 aliphatic heterocycles. The fourth-order valence-corrected chi connectivity index (χ4v) is 1.71. The summed E-state index contributed by atoms with van der Waals surface area (Å²) in [5, 5.41) is 8.05. The standard InChI is InChI=1S/C15H13ClN2O3/c1-20-13-9-7-11(8-10-13)14(21-15(16)19)18-17-12-5-3-2-4-6-12/h2-10,14H,1H3. The predicted octanol–water partition coefficient (Wildman–Crippen LogP) is 4.85. The van der Waals surface area contributed by atoms with Crippen LogP contribution in [0.5, 0.6) is 5.75 Å². The molecule has 0 amide bonds. The molecule has 2 aromatic rings. The van der Waals surface area contributed by atoms with E-state index >= 15 is 0 Å². The maximum absolute atomic E-state index is 11.0. The van der Waals surface area contributed by atoms with Gasteiger partial charge in [0.25, 0.3) is 0 Å². The summed E-state index contributed by atoms with van der Waals surface area (Å²) >= 11 is 5.28. The van der Waals surface area contributed by atoms with Gasteiger partial charge in [0.2, 0.25) is 6.23 Å². The smallest absolute Gasteiger partial charge is 0.406 e. The highest BCUT2D eigenvalue weighted by atomic mass is 35.5. The molecule has 0 heterocycles. The molecule has 21 heavy (non-hydrogen) atoms. The minimum atomic E-state index is -0.942. The number of hydrogen-bond acceptors (Lipinski definition) is 5. The zero-order valence-corrected chi connectivity index (χ0v) is 12.0. The summed E-state index contributed by atoms with van der Waals surface area (Å²) in [7, 11) is 1.57. The highest BCUT2D eigenvalue weighted by molar-refractivity contribution is 6.61. The molecular weight excluding hydrogens is 292 g/mol. The molecule has 0 fully saturated rings. The quantitative estimate of drug-likeness (QED) is 0.586. The lowest BCUT2D eigenvalue weighted by molar-refractivity contribution is 0.123. The van der Waals surface area contributed by atoms with E-state index in [9.17, 15) is 4.79 Å². The number of halogens is 1. The van der Waals surface area contributed by atoms with Gasteiger partial charge < -0.3 is 9.47 Å². The second-order valence-electron chi connectivity index (χ2n) is 4.03. The molecular formula is C15H13ClN2O3. The van der Waals surface area contributed by atoms with Crippen molar-refractivity contribution in [2.45, 2.75) is 6.23 Å². The van der Waals surface area contributed by atoms with E-state index in [1.54, 1.807) is 43.5 Å². The van der Waals surface area contributed by atoms with Crippen LogP contribution in [0.2, 0.25) is 0 Å². The first kappa shape index (κ1) is 15.0. The molecule has 0 saturated heterocycles. The molecule has 2 aromatic carbocycles. The van der Waals surface area contributed by atoms with E-state index in [-0.39, 0.29) is 0 Å². The van der Waals surface area contributed by atoms with Crippen molar-refractivity contribution in [3.8, 4) is 5.75 Å². The fraction of sp³-hybridized carbons (Fsp3) is 0.133. The number of nitrogens with zero attached hydrogens (tertiary/aromatic N) is 2. The van der Waals surface area contributed by atoms with Crippen LogP contribution in [0.15, 0.2) is 64.8 Å². The molecule has 0 N–H and O–H groups in total. The maximum atomic E-state index is 11.0. The molecule has 0 aliphatic carbocycles. The van der Waals surface area contributed by atoms with E-state index in [1.165, 1.54) is 0 Å². The summed E-state index contributed by atoms with van der Waals surface area (Å²) in [6.07, 6.45) is -0.902. The van der Waals surface area contributed by atoms with Crippen LogP contribution in [0.4, 0.5) is 10.5 Å². The summed E-state index contributed by atoms with van der Waals surface area (Å²) in [5.74, 6) is 0.690. The van der Waals surface area contributed by atoms with Gasteiger partial charge in [-0.1, -0.05) is 18.2 Å². The Bertz CT molecular complexity index is 615. The average molecular weight is 305 g/mol. The molecule has 0 bridgehead atoms. The SMILES string of the molecule is COc1ccc(C(N=Nc2ccccc2)OC(=O)Cl)cc1. The van der Waals surface area contributed by atoms with Crippen LogP contribution in [0.1, 0.15) is 11.8 Å². The van der Waals surface area contributed by atoms with E-state index in [0.717, 1.165) is 0 Å². The van der Waals surface area contributed by atoms with Crippen LogP contribution >= 0.6 is 11.6 Å². The van der Waals surface area contributed by atoms with Gasteiger partial charge in [0, 0.05) is 17.2 Å². The van der Waals surface area contributed by atoms with Crippen LogP contribution in [-0.4, -0.2) is 12.5 Å². The molecule has 2 rings (SSSR count). The van der Waals surface area contributed by atoms with Gasteiger partial charge in [-0.15, -0.1) is 5.11 Å². The third-order valence-electron chi connectivity index (χ3n) is 2.64. The lowest BCUT2D eigenvalue weighted by Crippen LogP contribution is -2.03. The summed E-state index contributed by atoms with van der Waals surface area (Å²) in [5.41, 5.74) is 0.356. The molecule has 0 aliphatic rings. The number of ether oxygens (including phenoxy) is 2. The zero-order chi connectivity index (χ0) is 15.1. The number of carbonyl (C=O) groups is 1. The number of azo groups is 1. The topological polar surface area (TPSA) is 60.3 Å².